The van der Waals surface area contributed by atoms with Crippen LogP contribution >= 0.6 is 0 Å². The van der Waals surface area contributed by atoms with Gasteiger partial charge in [0.2, 0.25) is 0 Å². The van der Waals surface area contributed by atoms with Crippen LogP contribution in [0.15, 0.2) is 54.6 Å². The van der Waals surface area contributed by atoms with Crippen molar-refractivity contribution in [1.82, 2.24) is 0 Å². The third kappa shape index (κ3) is 2.59. The van der Waals surface area contributed by atoms with E-state index in [1.54, 1.807) is 31.4 Å². The molecule has 0 amide bonds. The van der Waals surface area contributed by atoms with Crippen molar-refractivity contribution in [1.29, 1.82) is 0 Å². The number of methoxy groups -OCH3 is 2. The molecule has 0 aliphatic carbocycles. The lowest BCUT2D eigenvalue weighted by Gasteiger charge is -2.10. The van der Waals surface area contributed by atoms with Crippen LogP contribution in [-0.2, 0) is 0 Å². The van der Waals surface area contributed by atoms with Gasteiger partial charge in [-0.1, -0.05) is 24.3 Å². The summed E-state index contributed by atoms with van der Waals surface area (Å²) in [7, 11) is 3.07. The molecule has 0 saturated carbocycles. The fourth-order valence-electron chi connectivity index (χ4n) is 2.63. The van der Waals surface area contributed by atoms with E-state index in [1.807, 2.05) is 24.3 Å². The first-order chi connectivity index (χ1) is 11.2. The number of phenolic OH excluding ortho intramolecular Hbond substituents is 1. The molecule has 3 rings (SSSR count). The van der Waals surface area contributed by atoms with E-state index < -0.39 is 0 Å². The maximum absolute atomic E-state index is 12.8. The number of ether oxygens (including phenoxy) is 2. The highest BCUT2D eigenvalue weighted by Gasteiger charge is 2.16. The third-order valence-electron chi connectivity index (χ3n) is 3.79. The monoisotopic (exact) mass is 308 g/mol. The Morgan fingerprint density at radius 3 is 2.17 bits per heavy atom. The fraction of sp³-hybridized carbons (Fsp3) is 0.105. The molecule has 0 fully saturated rings. The molecular formula is C19H16O4. The number of hydrogen-bond donors (Lipinski definition) is 1. The number of aromatic hydroxyl groups is 1. The van der Waals surface area contributed by atoms with Gasteiger partial charge in [-0.15, -0.1) is 0 Å². The summed E-state index contributed by atoms with van der Waals surface area (Å²) in [4.78, 5) is 12.8. The lowest BCUT2D eigenvalue weighted by atomic mass is 9.96. The number of carbonyl (C=O) groups is 1. The number of fused-ring (bicyclic) bond motifs is 1. The van der Waals surface area contributed by atoms with Gasteiger partial charge in [0.25, 0.3) is 0 Å². The number of ketones is 1. The van der Waals surface area contributed by atoms with Crippen LogP contribution in [0.2, 0.25) is 0 Å². The summed E-state index contributed by atoms with van der Waals surface area (Å²) in [5, 5.41) is 11.6. The first kappa shape index (κ1) is 14.9. The average Bonchev–Trinajstić information content (AvgIpc) is 2.60. The van der Waals surface area contributed by atoms with E-state index in [1.165, 1.54) is 13.2 Å². The van der Waals surface area contributed by atoms with Gasteiger partial charge in [-0.25, -0.2) is 0 Å². The Bertz CT molecular complexity index is 884. The Labute approximate surface area is 133 Å². The molecule has 0 unspecified atom stereocenters. The molecule has 4 nitrogen and oxygen atoms in total. The van der Waals surface area contributed by atoms with Gasteiger partial charge < -0.3 is 14.6 Å². The van der Waals surface area contributed by atoms with E-state index >= 15 is 0 Å². The van der Waals surface area contributed by atoms with Crippen LogP contribution in [0, 0.1) is 0 Å². The van der Waals surface area contributed by atoms with Crippen LogP contribution in [0.3, 0.4) is 0 Å². The molecular weight excluding hydrogens is 292 g/mol. The zero-order valence-corrected chi connectivity index (χ0v) is 12.9. The zero-order valence-electron chi connectivity index (χ0n) is 12.9. The zero-order chi connectivity index (χ0) is 16.4. The minimum absolute atomic E-state index is 0.0591. The first-order valence-electron chi connectivity index (χ1n) is 7.13. The largest absolute Gasteiger partial charge is 0.504 e. The van der Waals surface area contributed by atoms with Crippen molar-refractivity contribution < 1.29 is 19.4 Å². The Morgan fingerprint density at radius 2 is 1.52 bits per heavy atom. The molecule has 0 heterocycles. The van der Waals surface area contributed by atoms with E-state index in [0.29, 0.717) is 16.9 Å². The summed E-state index contributed by atoms with van der Waals surface area (Å²) in [5.74, 6) is 0.828. The predicted octanol–water partition coefficient (Wildman–Crippen LogP) is 3.79. The second-order valence-corrected chi connectivity index (χ2v) is 5.08. The minimum atomic E-state index is -0.165. The second-order valence-electron chi connectivity index (χ2n) is 5.08. The van der Waals surface area contributed by atoms with Crippen molar-refractivity contribution in [3.05, 3.63) is 65.7 Å². The molecule has 0 aliphatic rings. The van der Waals surface area contributed by atoms with Crippen LogP contribution < -0.4 is 9.47 Å². The Kier molecular flexibility index (Phi) is 3.89. The van der Waals surface area contributed by atoms with E-state index in [0.717, 1.165) is 16.5 Å². The lowest BCUT2D eigenvalue weighted by Crippen LogP contribution is -2.03. The van der Waals surface area contributed by atoms with Gasteiger partial charge >= 0.3 is 0 Å². The number of phenols is 1. The molecule has 116 valence electrons. The Morgan fingerprint density at radius 1 is 0.870 bits per heavy atom. The molecule has 3 aromatic carbocycles. The highest BCUT2D eigenvalue weighted by molar-refractivity contribution is 6.17. The predicted molar refractivity (Wildman–Crippen MR) is 88.6 cm³/mol. The Balaban J connectivity index is 2.13. The third-order valence-corrected chi connectivity index (χ3v) is 3.79. The maximum atomic E-state index is 12.8. The van der Waals surface area contributed by atoms with Crippen LogP contribution in [0.25, 0.3) is 10.8 Å². The number of hydrogen-bond acceptors (Lipinski definition) is 4. The maximum Gasteiger partial charge on any atom is 0.193 e. The normalized spacial score (nSPS) is 10.5. The molecule has 0 radical (unpaired) electrons. The number of rotatable bonds is 4. The van der Waals surface area contributed by atoms with Crippen LogP contribution in [0.4, 0.5) is 0 Å². The van der Waals surface area contributed by atoms with E-state index in [2.05, 4.69) is 0 Å². The number of benzene rings is 3. The number of carbonyl (C=O) groups excluding carboxylic acids is 1. The topological polar surface area (TPSA) is 55.8 Å². The molecule has 4 heteroatoms. The highest BCUT2D eigenvalue weighted by atomic mass is 16.5. The van der Waals surface area contributed by atoms with Crippen LogP contribution in [0.1, 0.15) is 15.9 Å². The molecule has 0 atom stereocenters. The first-order valence-corrected chi connectivity index (χ1v) is 7.13. The molecule has 0 bridgehead atoms. The Hall–Kier alpha value is -3.01. The van der Waals surface area contributed by atoms with Gasteiger partial charge in [-0.2, -0.15) is 0 Å². The van der Waals surface area contributed by atoms with Gasteiger partial charge in [0.05, 0.1) is 14.2 Å². The van der Waals surface area contributed by atoms with Gasteiger partial charge in [0.1, 0.15) is 5.75 Å². The molecule has 23 heavy (non-hydrogen) atoms. The van der Waals surface area contributed by atoms with Crippen LogP contribution in [-0.4, -0.2) is 25.1 Å². The van der Waals surface area contributed by atoms with Crippen molar-refractivity contribution in [2.24, 2.45) is 0 Å². The lowest BCUT2D eigenvalue weighted by molar-refractivity contribution is 0.104. The molecule has 0 spiro atoms. The van der Waals surface area contributed by atoms with Crippen molar-refractivity contribution >= 4 is 16.6 Å². The minimum Gasteiger partial charge on any atom is -0.504 e. The fourth-order valence-corrected chi connectivity index (χ4v) is 2.63. The smallest absolute Gasteiger partial charge is 0.193 e. The summed E-state index contributed by atoms with van der Waals surface area (Å²) in [6, 6.07) is 15.7. The van der Waals surface area contributed by atoms with Gasteiger partial charge in [-0.05, 0) is 35.7 Å². The standard InChI is InChI=1S/C19H16O4/c1-22-17-10-8-15(13-5-3-4-6-14(13)17)19(21)12-7-9-18(23-2)16(20)11-12/h3-11,20H,1-2H3. The molecule has 0 aliphatic heterocycles. The molecule has 0 aromatic heterocycles. The van der Waals surface area contributed by atoms with Crippen molar-refractivity contribution in [2.75, 3.05) is 14.2 Å². The quantitative estimate of drug-likeness (QED) is 0.745. The summed E-state index contributed by atoms with van der Waals surface area (Å²) >= 11 is 0. The highest BCUT2D eigenvalue weighted by Crippen LogP contribution is 2.31. The molecule has 1 N–H and O–H groups in total. The van der Waals surface area contributed by atoms with Crippen LogP contribution in [0.5, 0.6) is 17.2 Å². The molecule has 3 aromatic rings. The van der Waals surface area contributed by atoms with Crippen molar-refractivity contribution in [3.8, 4) is 17.2 Å². The summed E-state index contributed by atoms with van der Waals surface area (Å²) in [5.41, 5.74) is 0.963. The molecule has 0 saturated heterocycles. The average molecular weight is 308 g/mol. The summed E-state index contributed by atoms with van der Waals surface area (Å²) in [6.45, 7) is 0. The SMILES string of the molecule is COc1ccc(C(=O)c2ccc(OC)c3ccccc23)cc1O. The van der Waals surface area contributed by atoms with E-state index in [4.69, 9.17) is 9.47 Å². The van der Waals surface area contributed by atoms with Crippen molar-refractivity contribution in [3.63, 3.8) is 0 Å². The van der Waals surface area contributed by atoms with Gasteiger partial charge in [0, 0.05) is 16.5 Å². The summed E-state index contributed by atoms with van der Waals surface area (Å²) < 4.78 is 10.4. The van der Waals surface area contributed by atoms with Gasteiger partial charge in [-0.3, -0.25) is 4.79 Å². The van der Waals surface area contributed by atoms with Gasteiger partial charge in [0.15, 0.2) is 17.3 Å². The van der Waals surface area contributed by atoms with E-state index in [9.17, 15) is 9.90 Å². The summed E-state index contributed by atoms with van der Waals surface area (Å²) in [6.07, 6.45) is 0. The van der Waals surface area contributed by atoms with E-state index in [-0.39, 0.29) is 11.5 Å². The second kappa shape index (κ2) is 6.01. The van der Waals surface area contributed by atoms with Crippen molar-refractivity contribution in [2.45, 2.75) is 0 Å².